The average Bonchev–Trinajstić information content (AvgIpc) is 3.10. The molecule has 5 nitrogen and oxygen atoms in total. The van der Waals surface area contributed by atoms with Crippen LogP contribution in [0.5, 0.6) is 0 Å². The third kappa shape index (κ3) is 3.88. The van der Waals surface area contributed by atoms with E-state index in [0.29, 0.717) is 0 Å². The number of nitrogens with two attached hydrogens (primary N) is 1. The Hall–Kier alpha value is -2.92. The molecule has 122 valence electrons. The van der Waals surface area contributed by atoms with Gasteiger partial charge in [0.25, 0.3) is 0 Å². The number of anilines is 1. The summed E-state index contributed by atoms with van der Waals surface area (Å²) in [4.78, 5) is 3.91. The summed E-state index contributed by atoms with van der Waals surface area (Å²) in [6, 6.07) is 15.8. The van der Waals surface area contributed by atoms with Gasteiger partial charge in [0.05, 0.1) is 18.1 Å². The molecule has 0 saturated carbocycles. The summed E-state index contributed by atoms with van der Waals surface area (Å²) in [5.74, 6) is 0.743. The molecule has 0 fully saturated rings. The number of nitrogens with zero attached hydrogens (tertiary/aromatic N) is 2. The molecule has 0 amide bonds. The van der Waals surface area contributed by atoms with E-state index in [9.17, 15) is 0 Å². The van der Waals surface area contributed by atoms with E-state index in [0.717, 1.165) is 28.1 Å². The van der Waals surface area contributed by atoms with Crippen LogP contribution in [0.2, 0.25) is 0 Å². The fourth-order valence-electron chi connectivity index (χ4n) is 2.25. The van der Waals surface area contributed by atoms with Crippen molar-refractivity contribution in [2.75, 3.05) is 5.43 Å². The third-order valence-corrected chi connectivity index (χ3v) is 3.66. The van der Waals surface area contributed by atoms with Crippen LogP contribution in [0.25, 0.3) is 11.3 Å². The Labute approximate surface area is 141 Å². The van der Waals surface area contributed by atoms with E-state index in [1.165, 1.54) is 6.39 Å². The van der Waals surface area contributed by atoms with Crippen molar-refractivity contribution in [1.29, 1.82) is 0 Å². The van der Waals surface area contributed by atoms with Gasteiger partial charge < -0.3 is 10.2 Å². The summed E-state index contributed by atoms with van der Waals surface area (Å²) in [5, 5.41) is 4.25. The Morgan fingerprint density at radius 2 is 1.79 bits per heavy atom. The van der Waals surface area contributed by atoms with Gasteiger partial charge in [0.2, 0.25) is 0 Å². The molecule has 0 unspecified atom stereocenters. The fourth-order valence-corrected chi connectivity index (χ4v) is 2.25. The summed E-state index contributed by atoms with van der Waals surface area (Å²) in [6.07, 6.45) is 4.88. The molecule has 3 rings (SSSR count). The smallest absolute Gasteiger partial charge is 0.181 e. The molecule has 0 spiro atoms. The van der Waals surface area contributed by atoms with Crippen molar-refractivity contribution >= 4 is 11.9 Å². The Morgan fingerprint density at radius 3 is 2.38 bits per heavy atom. The molecule has 0 radical (unpaired) electrons. The van der Waals surface area contributed by atoms with Crippen LogP contribution in [-0.2, 0) is 5.54 Å². The number of hydrazone groups is 1. The van der Waals surface area contributed by atoms with Crippen molar-refractivity contribution in [3.05, 3.63) is 72.2 Å². The van der Waals surface area contributed by atoms with E-state index in [2.05, 4.69) is 15.5 Å². The minimum Gasteiger partial charge on any atom is -0.444 e. The van der Waals surface area contributed by atoms with Crippen molar-refractivity contribution in [3.63, 3.8) is 0 Å². The van der Waals surface area contributed by atoms with Crippen LogP contribution in [0.3, 0.4) is 0 Å². The summed E-state index contributed by atoms with van der Waals surface area (Å²) in [6.45, 7) is 3.97. The quantitative estimate of drug-likeness (QED) is 0.550. The highest BCUT2D eigenvalue weighted by Crippen LogP contribution is 2.20. The van der Waals surface area contributed by atoms with E-state index in [1.807, 2.05) is 62.4 Å². The highest BCUT2D eigenvalue weighted by molar-refractivity contribution is 5.80. The highest BCUT2D eigenvalue weighted by atomic mass is 16.3. The SMILES string of the molecule is CC(C)(N)c1ccc(C=NNc2ccc(-c3cnco3)cc2)cc1. The summed E-state index contributed by atoms with van der Waals surface area (Å²) in [7, 11) is 0. The number of oxazole rings is 1. The largest absolute Gasteiger partial charge is 0.444 e. The topological polar surface area (TPSA) is 76.4 Å². The van der Waals surface area contributed by atoms with Gasteiger partial charge in [-0.05, 0) is 49.2 Å². The second kappa shape index (κ2) is 6.68. The van der Waals surface area contributed by atoms with Crippen LogP contribution in [0.1, 0.15) is 25.0 Å². The predicted molar refractivity (Wildman–Crippen MR) is 96.8 cm³/mol. The number of nitrogens with one attached hydrogen (secondary N) is 1. The second-order valence-corrected chi connectivity index (χ2v) is 6.16. The van der Waals surface area contributed by atoms with Crippen LogP contribution in [0.4, 0.5) is 5.69 Å². The molecule has 2 aromatic carbocycles. The van der Waals surface area contributed by atoms with Gasteiger partial charge >= 0.3 is 0 Å². The molecule has 3 aromatic rings. The van der Waals surface area contributed by atoms with Gasteiger partial charge in [-0.25, -0.2) is 4.98 Å². The Kier molecular flexibility index (Phi) is 4.44. The van der Waals surface area contributed by atoms with E-state index in [1.54, 1.807) is 12.4 Å². The van der Waals surface area contributed by atoms with Crippen LogP contribution in [0.15, 0.2) is 70.6 Å². The van der Waals surface area contributed by atoms with Gasteiger partial charge in [-0.15, -0.1) is 0 Å². The Bertz CT molecular complexity index is 798. The van der Waals surface area contributed by atoms with Crippen LogP contribution < -0.4 is 11.2 Å². The Balaban J connectivity index is 1.62. The molecule has 0 aliphatic heterocycles. The molecular weight excluding hydrogens is 300 g/mol. The summed E-state index contributed by atoms with van der Waals surface area (Å²) >= 11 is 0. The molecule has 0 saturated heterocycles. The van der Waals surface area contributed by atoms with E-state index >= 15 is 0 Å². The van der Waals surface area contributed by atoms with Gasteiger partial charge in [0.15, 0.2) is 12.2 Å². The monoisotopic (exact) mass is 320 g/mol. The van der Waals surface area contributed by atoms with E-state index in [4.69, 9.17) is 10.2 Å². The molecule has 3 N–H and O–H groups in total. The number of rotatable bonds is 5. The first kappa shape index (κ1) is 16.0. The molecule has 1 heterocycles. The van der Waals surface area contributed by atoms with Gasteiger partial charge in [0, 0.05) is 11.1 Å². The molecule has 1 aromatic heterocycles. The van der Waals surface area contributed by atoms with Crippen molar-refractivity contribution in [3.8, 4) is 11.3 Å². The van der Waals surface area contributed by atoms with Crippen LogP contribution in [0, 0.1) is 0 Å². The van der Waals surface area contributed by atoms with Gasteiger partial charge in [-0.2, -0.15) is 5.10 Å². The maximum Gasteiger partial charge on any atom is 0.181 e. The van der Waals surface area contributed by atoms with Crippen molar-refractivity contribution in [1.82, 2.24) is 4.98 Å². The maximum atomic E-state index is 6.07. The first-order valence-corrected chi connectivity index (χ1v) is 7.70. The van der Waals surface area contributed by atoms with E-state index in [-0.39, 0.29) is 5.54 Å². The standard InChI is InChI=1S/C19H20N4O/c1-19(2,20)16-7-3-14(4-8-16)11-22-23-17-9-5-15(6-10-17)18-12-21-13-24-18/h3-13,23H,20H2,1-2H3. The van der Waals surface area contributed by atoms with Gasteiger partial charge in [0.1, 0.15) is 0 Å². The first-order chi connectivity index (χ1) is 11.5. The zero-order valence-corrected chi connectivity index (χ0v) is 13.7. The number of benzene rings is 2. The van der Waals surface area contributed by atoms with Crippen molar-refractivity contribution in [2.45, 2.75) is 19.4 Å². The molecule has 0 aliphatic rings. The Morgan fingerprint density at radius 1 is 1.08 bits per heavy atom. The minimum absolute atomic E-state index is 0.334. The van der Waals surface area contributed by atoms with Crippen molar-refractivity contribution in [2.24, 2.45) is 10.8 Å². The average molecular weight is 320 g/mol. The van der Waals surface area contributed by atoms with E-state index < -0.39 is 0 Å². The normalized spacial score (nSPS) is 11.8. The van der Waals surface area contributed by atoms with Crippen molar-refractivity contribution < 1.29 is 4.42 Å². The zero-order chi connectivity index (χ0) is 17.0. The maximum absolute atomic E-state index is 6.07. The fraction of sp³-hybridized carbons (Fsp3) is 0.158. The lowest BCUT2D eigenvalue weighted by molar-refractivity contribution is 0.554. The summed E-state index contributed by atoms with van der Waals surface area (Å²) in [5.41, 5.74) is 12.7. The molecule has 0 atom stereocenters. The molecule has 0 bridgehead atoms. The minimum atomic E-state index is -0.334. The molecule has 24 heavy (non-hydrogen) atoms. The molecular formula is C19H20N4O. The number of hydrogen-bond donors (Lipinski definition) is 2. The van der Waals surface area contributed by atoms with Gasteiger partial charge in [-0.1, -0.05) is 24.3 Å². The number of hydrogen-bond acceptors (Lipinski definition) is 5. The lowest BCUT2D eigenvalue weighted by Gasteiger charge is -2.18. The first-order valence-electron chi connectivity index (χ1n) is 7.70. The summed E-state index contributed by atoms with van der Waals surface area (Å²) < 4.78 is 5.26. The predicted octanol–water partition coefficient (Wildman–Crippen LogP) is 3.98. The lowest BCUT2D eigenvalue weighted by atomic mass is 9.95. The molecule has 5 heteroatoms. The highest BCUT2D eigenvalue weighted by Gasteiger charge is 2.12. The second-order valence-electron chi connectivity index (χ2n) is 6.16. The van der Waals surface area contributed by atoms with Crippen LogP contribution in [-0.4, -0.2) is 11.2 Å². The zero-order valence-electron chi connectivity index (χ0n) is 13.7. The van der Waals surface area contributed by atoms with Crippen LogP contribution >= 0.6 is 0 Å². The lowest BCUT2D eigenvalue weighted by Crippen LogP contribution is -2.28. The van der Waals surface area contributed by atoms with Gasteiger partial charge in [-0.3, -0.25) is 5.43 Å². The third-order valence-electron chi connectivity index (χ3n) is 3.66. The number of aromatic nitrogens is 1. The molecule has 0 aliphatic carbocycles.